The summed E-state index contributed by atoms with van der Waals surface area (Å²) in [6, 6.07) is 5.24. The van der Waals surface area contributed by atoms with Crippen LogP contribution in [0.15, 0.2) is 18.2 Å². The number of nitrogens with one attached hydrogen (secondary N) is 1. The molecular formula is C15H20Cl2N2O2. The predicted octanol–water partition coefficient (Wildman–Crippen LogP) is 3.26. The number of benzene rings is 1. The van der Waals surface area contributed by atoms with Crippen LogP contribution in [-0.2, 0) is 0 Å². The van der Waals surface area contributed by atoms with Crippen LogP contribution in [0.2, 0.25) is 10.0 Å². The van der Waals surface area contributed by atoms with Crippen molar-refractivity contribution in [1.82, 2.24) is 10.2 Å². The minimum Gasteiger partial charge on any atom is -0.391 e. The van der Waals surface area contributed by atoms with Gasteiger partial charge in [0, 0.05) is 35.6 Å². The van der Waals surface area contributed by atoms with Crippen molar-refractivity contribution in [3.8, 4) is 0 Å². The van der Waals surface area contributed by atoms with E-state index in [0.717, 1.165) is 18.4 Å². The molecule has 0 spiro atoms. The first-order valence-electron chi connectivity index (χ1n) is 7.13. The lowest BCUT2D eigenvalue weighted by atomic mass is 10.0. The molecule has 0 aromatic heterocycles. The highest BCUT2D eigenvalue weighted by molar-refractivity contribution is 6.36. The van der Waals surface area contributed by atoms with Gasteiger partial charge in [0.1, 0.15) is 0 Å². The van der Waals surface area contributed by atoms with Crippen molar-refractivity contribution >= 4 is 29.2 Å². The smallest absolute Gasteiger partial charge is 0.317 e. The van der Waals surface area contributed by atoms with Gasteiger partial charge in [0.2, 0.25) is 0 Å². The quantitative estimate of drug-likeness (QED) is 0.893. The second-order valence-electron chi connectivity index (χ2n) is 5.46. The number of urea groups is 1. The number of aliphatic hydroxyl groups excluding tert-OH is 1. The van der Waals surface area contributed by atoms with Crippen molar-refractivity contribution in [2.45, 2.75) is 31.8 Å². The fourth-order valence-corrected chi connectivity index (χ4v) is 3.34. The van der Waals surface area contributed by atoms with Crippen LogP contribution in [0.5, 0.6) is 0 Å². The first kappa shape index (κ1) is 16.4. The number of hydrogen-bond acceptors (Lipinski definition) is 2. The van der Waals surface area contributed by atoms with Gasteiger partial charge < -0.3 is 15.3 Å². The number of β-amino-alcohol motifs (C(OH)–C–C–N with tert-alkyl or cyclic N) is 1. The zero-order chi connectivity index (χ0) is 15.4. The molecule has 2 amide bonds. The van der Waals surface area contributed by atoms with Gasteiger partial charge in [-0.15, -0.1) is 0 Å². The van der Waals surface area contributed by atoms with Gasteiger partial charge >= 0.3 is 6.03 Å². The highest BCUT2D eigenvalue weighted by atomic mass is 35.5. The van der Waals surface area contributed by atoms with Crippen LogP contribution in [0.25, 0.3) is 0 Å². The lowest BCUT2D eigenvalue weighted by Gasteiger charge is -2.30. The number of likely N-dealkylation sites (tertiary alicyclic amines) is 1. The molecule has 2 rings (SSSR count). The third kappa shape index (κ3) is 4.25. The van der Waals surface area contributed by atoms with E-state index in [1.807, 2.05) is 6.92 Å². The summed E-state index contributed by atoms with van der Waals surface area (Å²) in [6.07, 6.45) is 1.18. The van der Waals surface area contributed by atoms with E-state index < -0.39 is 6.10 Å². The zero-order valence-corrected chi connectivity index (χ0v) is 13.5. The van der Waals surface area contributed by atoms with E-state index in [9.17, 15) is 9.90 Å². The Kier molecular flexibility index (Phi) is 5.73. The van der Waals surface area contributed by atoms with E-state index in [-0.39, 0.29) is 11.9 Å². The molecule has 2 N–H and O–H groups in total. The fourth-order valence-electron chi connectivity index (χ4n) is 2.57. The molecule has 1 heterocycles. The molecule has 0 bridgehead atoms. The van der Waals surface area contributed by atoms with Crippen molar-refractivity contribution in [1.29, 1.82) is 0 Å². The summed E-state index contributed by atoms with van der Waals surface area (Å²) < 4.78 is 0. The van der Waals surface area contributed by atoms with Gasteiger partial charge in [-0.3, -0.25) is 0 Å². The maximum absolute atomic E-state index is 12.1. The monoisotopic (exact) mass is 330 g/mol. The standard InChI is InChI=1S/C15H20Cl2N2O2/c1-10(14-12(16)5-2-6-13(14)17)8-18-15(21)19-7-3-4-11(20)9-19/h2,5-6,10-11,20H,3-4,7-9H2,1H3,(H,18,21). The fraction of sp³-hybridized carbons (Fsp3) is 0.533. The average molecular weight is 331 g/mol. The molecule has 1 saturated heterocycles. The minimum absolute atomic E-state index is 0.0184. The number of amides is 2. The van der Waals surface area contributed by atoms with E-state index >= 15 is 0 Å². The van der Waals surface area contributed by atoms with Crippen molar-refractivity contribution in [3.05, 3.63) is 33.8 Å². The Morgan fingerprint density at radius 1 is 1.48 bits per heavy atom. The number of carbonyl (C=O) groups excluding carboxylic acids is 1. The Labute approximate surface area is 135 Å². The normalized spacial score (nSPS) is 20.2. The van der Waals surface area contributed by atoms with Crippen molar-refractivity contribution in [2.75, 3.05) is 19.6 Å². The summed E-state index contributed by atoms with van der Waals surface area (Å²) >= 11 is 12.3. The van der Waals surface area contributed by atoms with E-state index in [0.29, 0.717) is 29.7 Å². The van der Waals surface area contributed by atoms with Crippen molar-refractivity contribution in [3.63, 3.8) is 0 Å². The predicted molar refractivity (Wildman–Crippen MR) is 85.1 cm³/mol. The van der Waals surface area contributed by atoms with Crippen LogP contribution in [0, 0.1) is 0 Å². The molecule has 1 aliphatic heterocycles. The summed E-state index contributed by atoms with van der Waals surface area (Å²) in [7, 11) is 0. The molecule has 1 aromatic carbocycles. The molecule has 1 fully saturated rings. The molecule has 116 valence electrons. The van der Waals surface area contributed by atoms with Gasteiger partial charge in [-0.1, -0.05) is 36.2 Å². The molecule has 21 heavy (non-hydrogen) atoms. The van der Waals surface area contributed by atoms with Crippen molar-refractivity contribution < 1.29 is 9.90 Å². The summed E-state index contributed by atoms with van der Waals surface area (Å²) in [5.41, 5.74) is 0.847. The van der Waals surface area contributed by atoms with Gasteiger partial charge in [0.05, 0.1) is 6.10 Å². The third-order valence-corrected chi connectivity index (χ3v) is 4.39. The second kappa shape index (κ2) is 7.34. The largest absolute Gasteiger partial charge is 0.391 e. The number of piperidine rings is 1. The van der Waals surface area contributed by atoms with Crippen LogP contribution < -0.4 is 5.32 Å². The Balaban J connectivity index is 1.91. The maximum atomic E-state index is 12.1. The Morgan fingerprint density at radius 2 is 2.14 bits per heavy atom. The highest BCUT2D eigenvalue weighted by Gasteiger charge is 2.22. The van der Waals surface area contributed by atoms with E-state index in [1.54, 1.807) is 23.1 Å². The lowest BCUT2D eigenvalue weighted by Crippen LogP contribution is -2.47. The van der Waals surface area contributed by atoms with Crippen LogP contribution in [-0.4, -0.2) is 41.8 Å². The number of aliphatic hydroxyl groups is 1. The summed E-state index contributed by atoms with van der Waals surface area (Å²) in [5.74, 6) is 0.0184. The molecule has 2 unspecified atom stereocenters. The molecule has 6 heteroatoms. The molecular weight excluding hydrogens is 311 g/mol. The van der Waals surface area contributed by atoms with Gasteiger partial charge in [-0.05, 0) is 30.5 Å². The van der Waals surface area contributed by atoms with Crippen LogP contribution in [0.4, 0.5) is 4.79 Å². The topological polar surface area (TPSA) is 52.6 Å². The van der Waals surface area contributed by atoms with E-state index in [2.05, 4.69) is 5.32 Å². The van der Waals surface area contributed by atoms with Crippen molar-refractivity contribution in [2.24, 2.45) is 0 Å². The maximum Gasteiger partial charge on any atom is 0.317 e. The third-order valence-electron chi connectivity index (χ3n) is 3.74. The molecule has 4 nitrogen and oxygen atoms in total. The van der Waals surface area contributed by atoms with Gasteiger partial charge in [-0.2, -0.15) is 0 Å². The summed E-state index contributed by atoms with van der Waals surface area (Å²) in [4.78, 5) is 13.7. The Morgan fingerprint density at radius 3 is 2.76 bits per heavy atom. The molecule has 0 radical (unpaired) electrons. The SMILES string of the molecule is CC(CNC(=O)N1CCCC(O)C1)c1c(Cl)cccc1Cl. The summed E-state index contributed by atoms with van der Waals surface area (Å²) in [6.45, 7) is 3.50. The van der Waals surface area contributed by atoms with Gasteiger partial charge in [-0.25, -0.2) is 4.79 Å². The molecule has 2 atom stereocenters. The number of hydrogen-bond donors (Lipinski definition) is 2. The number of carbonyl (C=O) groups is 1. The van der Waals surface area contributed by atoms with Crippen LogP contribution >= 0.6 is 23.2 Å². The highest BCUT2D eigenvalue weighted by Crippen LogP contribution is 2.30. The molecule has 1 aliphatic rings. The zero-order valence-electron chi connectivity index (χ0n) is 12.0. The van der Waals surface area contributed by atoms with Gasteiger partial charge in [0.25, 0.3) is 0 Å². The Bertz CT molecular complexity index is 490. The molecule has 1 aromatic rings. The first-order valence-corrected chi connectivity index (χ1v) is 7.89. The number of rotatable bonds is 3. The number of nitrogens with zero attached hydrogens (tertiary/aromatic N) is 1. The van der Waals surface area contributed by atoms with E-state index in [1.165, 1.54) is 0 Å². The molecule has 0 aliphatic carbocycles. The minimum atomic E-state index is -0.417. The summed E-state index contributed by atoms with van der Waals surface area (Å²) in [5, 5.41) is 13.7. The lowest BCUT2D eigenvalue weighted by molar-refractivity contribution is 0.0842. The number of halogens is 2. The van der Waals surface area contributed by atoms with Crippen LogP contribution in [0.3, 0.4) is 0 Å². The first-order chi connectivity index (χ1) is 9.99. The van der Waals surface area contributed by atoms with Gasteiger partial charge in [0.15, 0.2) is 0 Å². The Hall–Kier alpha value is -0.970. The van der Waals surface area contributed by atoms with E-state index in [4.69, 9.17) is 23.2 Å². The average Bonchev–Trinajstić information content (AvgIpc) is 2.44. The van der Waals surface area contributed by atoms with Crippen LogP contribution in [0.1, 0.15) is 31.2 Å². The second-order valence-corrected chi connectivity index (χ2v) is 6.28. The molecule has 0 saturated carbocycles.